The molecule has 1 atom stereocenters. The van der Waals surface area contributed by atoms with Crippen molar-refractivity contribution in [3.8, 4) is 0 Å². The molecule has 0 saturated heterocycles. The molecule has 0 aliphatic rings. The molecule has 0 amide bonds. The Bertz CT molecular complexity index is 643. The molecule has 2 rings (SSSR count). The largest absolute Gasteiger partial charge is 0.309 e. The third-order valence-corrected chi connectivity index (χ3v) is 5.20. The smallest absolute Gasteiger partial charge is 0.0600 e. The zero-order valence-corrected chi connectivity index (χ0v) is 16.1. The predicted octanol–water partition coefficient (Wildman–Crippen LogP) is 5.63. The molecule has 0 saturated carbocycles. The molecule has 0 aliphatic carbocycles. The fourth-order valence-corrected chi connectivity index (χ4v) is 3.56. The van der Waals surface area contributed by atoms with Crippen LogP contribution >= 0.6 is 50.1 Å². The molecule has 1 N–H and O–H groups in total. The van der Waals surface area contributed by atoms with Crippen LogP contribution in [0.15, 0.2) is 34.8 Å². The Balaban J connectivity index is 2.58. The molecule has 1 unspecified atom stereocenters. The second kappa shape index (κ2) is 6.77. The molecule has 4 heteroatoms. The van der Waals surface area contributed by atoms with E-state index in [1.165, 1.54) is 20.3 Å². The molecule has 20 heavy (non-hydrogen) atoms. The summed E-state index contributed by atoms with van der Waals surface area (Å²) in [6.45, 7) is 4.20. The highest BCUT2D eigenvalue weighted by molar-refractivity contribution is 14.1. The van der Waals surface area contributed by atoms with Crippen LogP contribution < -0.4 is 5.32 Å². The minimum absolute atomic E-state index is 0.0749. The highest BCUT2D eigenvalue weighted by Gasteiger charge is 2.18. The minimum atomic E-state index is 0.0749. The third kappa shape index (κ3) is 3.38. The van der Waals surface area contributed by atoms with E-state index in [-0.39, 0.29) is 6.04 Å². The number of halogens is 3. The quantitative estimate of drug-likeness (QED) is 0.581. The van der Waals surface area contributed by atoms with Gasteiger partial charge in [0, 0.05) is 13.1 Å². The van der Waals surface area contributed by atoms with Crippen LogP contribution in [0.5, 0.6) is 0 Å². The Morgan fingerprint density at radius 3 is 2.40 bits per heavy atom. The third-order valence-electron chi connectivity index (χ3n) is 3.48. The molecule has 0 spiro atoms. The van der Waals surface area contributed by atoms with Gasteiger partial charge in [-0.25, -0.2) is 0 Å². The van der Waals surface area contributed by atoms with Crippen molar-refractivity contribution in [2.24, 2.45) is 0 Å². The summed E-state index contributed by atoms with van der Waals surface area (Å²) in [6, 6.07) is 10.6. The van der Waals surface area contributed by atoms with Crippen molar-refractivity contribution in [2.45, 2.75) is 19.9 Å². The van der Waals surface area contributed by atoms with Crippen molar-refractivity contribution in [1.29, 1.82) is 0 Å². The molecule has 0 fully saturated rings. The molecule has 0 bridgehead atoms. The Morgan fingerprint density at radius 1 is 1.10 bits per heavy atom. The van der Waals surface area contributed by atoms with Gasteiger partial charge in [-0.2, -0.15) is 0 Å². The van der Waals surface area contributed by atoms with E-state index < -0.39 is 0 Å². The van der Waals surface area contributed by atoms with E-state index in [1.807, 2.05) is 13.1 Å². The monoisotopic (exact) mass is 463 g/mol. The summed E-state index contributed by atoms with van der Waals surface area (Å²) < 4.78 is 2.30. The molecular formula is C16H16BrClIN. The Kier molecular flexibility index (Phi) is 5.51. The summed E-state index contributed by atoms with van der Waals surface area (Å²) in [5.74, 6) is 0. The Morgan fingerprint density at radius 2 is 1.75 bits per heavy atom. The van der Waals surface area contributed by atoms with Crippen LogP contribution in [0.3, 0.4) is 0 Å². The molecule has 106 valence electrons. The number of hydrogen-bond donors (Lipinski definition) is 1. The van der Waals surface area contributed by atoms with Crippen LogP contribution in [-0.4, -0.2) is 7.05 Å². The van der Waals surface area contributed by atoms with Gasteiger partial charge in [-0.3, -0.25) is 0 Å². The highest BCUT2D eigenvalue weighted by atomic mass is 127. The summed E-state index contributed by atoms with van der Waals surface area (Å²) >= 11 is 12.4. The van der Waals surface area contributed by atoms with Gasteiger partial charge in [0.1, 0.15) is 0 Å². The molecular weight excluding hydrogens is 448 g/mol. The fraction of sp³-hybridized carbons (Fsp3) is 0.250. The van der Waals surface area contributed by atoms with Crippen molar-refractivity contribution in [1.82, 2.24) is 5.32 Å². The van der Waals surface area contributed by atoms with Crippen LogP contribution in [0.4, 0.5) is 0 Å². The fourth-order valence-electron chi connectivity index (χ4n) is 2.24. The lowest BCUT2D eigenvalue weighted by Gasteiger charge is -2.21. The molecule has 0 aliphatic heterocycles. The van der Waals surface area contributed by atoms with Crippen LogP contribution in [0.25, 0.3) is 0 Å². The minimum Gasteiger partial charge on any atom is -0.309 e. The first-order chi connectivity index (χ1) is 9.43. The van der Waals surface area contributed by atoms with Gasteiger partial charge in [-0.05, 0) is 90.0 Å². The van der Waals surface area contributed by atoms with Gasteiger partial charge in [-0.1, -0.05) is 33.6 Å². The van der Waals surface area contributed by atoms with E-state index in [0.29, 0.717) is 0 Å². The number of benzene rings is 2. The molecule has 0 aromatic heterocycles. The lowest BCUT2D eigenvalue weighted by molar-refractivity contribution is 0.688. The van der Waals surface area contributed by atoms with Gasteiger partial charge in [0.2, 0.25) is 0 Å². The van der Waals surface area contributed by atoms with Crippen LogP contribution in [0.2, 0.25) is 5.02 Å². The average molecular weight is 465 g/mol. The standard InChI is InChI=1S/C16H16BrClIN/c1-9-6-13(15(18)7-10(9)2)16(20-3)12-8-11(19)4-5-14(12)17/h4-8,16,20H,1-3H3. The lowest BCUT2D eigenvalue weighted by Crippen LogP contribution is -2.19. The summed E-state index contributed by atoms with van der Waals surface area (Å²) in [4.78, 5) is 0. The van der Waals surface area contributed by atoms with Crippen molar-refractivity contribution < 1.29 is 0 Å². The lowest BCUT2D eigenvalue weighted by atomic mass is 9.95. The van der Waals surface area contributed by atoms with Gasteiger partial charge in [-0.15, -0.1) is 0 Å². The van der Waals surface area contributed by atoms with Gasteiger partial charge in [0.15, 0.2) is 0 Å². The molecule has 2 aromatic carbocycles. The maximum absolute atomic E-state index is 6.46. The summed E-state index contributed by atoms with van der Waals surface area (Å²) in [5, 5.41) is 4.18. The molecule has 0 radical (unpaired) electrons. The average Bonchev–Trinajstić information content (AvgIpc) is 2.40. The summed E-state index contributed by atoms with van der Waals surface area (Å²) in [5.41, 5.74) is 4.78. The molecule has 0 heterocycles. The number of rotatable bonds is 3. The van der Waals surface area contributed by atoms with Crippen molar-refractivity contribution >= 4 is 50.1 Å². The van der Waals surface area contributed by atoms with Crippen LogP contribution in [0.1, 0.15) is 28.3 Å². The van der Waals surface area contributed by atoms with Crippen LogP contribution in [0, 0.1) is 17.4 Å². The summed E-state index contributed by atoms with van der Waals surface area (Å²) in [7, 11) is 1.96. The van der Waals surface area contributed by atoms with E-state index >= 15 is 0 Å². The maximum atomic E-state index is 6.46. The first-order valence-electron chi connectivity index (χ1n) is 6.33. The predicted molar refractivity (Wildman–Crippen MR) is 98.7 cm³/mol. The number of nitrogens with one attached hydrogen (secondary N) is 1. The van der Waals surface area contributed by atoms with E-state index in [9.17, 15) is 0 Å². The van der Waals surface area contributed by atoms with Gasteiger partial charge < -0.3 is 5.32 Å². The second-order valence-electron chi connectivity index (χ2n) is 4.85. The van der Waals surface area contributed by atoms with Crippen molar-refractivity contribution in [3.05, 3.63) is 65.7 Å². The zero-order valence-electron chi connectivity index (χ0n) is 11.6. The Labute approximate surface area is 147 Å². The van der Waals surface area contributed by atoms with E-state index in [1.54, 1.807) is 0 Å². The van der Waals surface area contributed by atoms with Gasteiger partial charge in [0.25, 0.3) is 0 Å². The number of hydrogen-bond acceptors (Lipinski definition) is 1. The first-order valence-corrected chi connectivity index (χ1v) is 8.58. The summed E-state index contributed by atoms with van der Waals surface area (Å²) in [6.07, 6.45) is 0. The van der Waals surface area contributed by atoms with Gasteiger partial charge >= 0.3 is 0 Å². The first kappa shape index (κ1) is 16.3. The van der Waals surface area contributed by atoms with Crippen LogP contribution in [-0.2, 0) is 0 Å². The normalized spacial score (nSPS) is 12.5. The van der Waals surface area contributed by atoms with E-state index in [2.05, 4.69) is 82.0 Å². The van der Waals surface area contributed by atoms with Crippen molar-refractivity contribution in [3.63, 3.8) is 0 Å². The maximum Gasteiger partial charge on any atom is 0.0600 e. The SMILES string of the molecule is CNC(c1cc(C)c(C)cc1Cl)c1cc(I)ccc1Br. The number of aryl methyl sites for hydroxylation is 2. The zero-order chi connectivity index (χ0) is 14.9. The second-order valence-corrected chi connectivity index (χ2v) is 7.35. The van der Waals surface area contributed by atoms with Crippen molar-refractivity contribution in [2.75, 3.05) is 7.05 Å². The van der Waals surface area contributed by atoms with E-state index in [0.717, 1.165) is 15.1 Å². The topological polar surface area (TPSA) is 12.0 Å². The van der Waals surface area contributed by atoms with E-state index in [4.69, 9.17) is 11.6 Å². The van der Waals surface area contributed by atoms with Gasteiger partial charge in [0.05, 0.1) is 6.04 Å². The molecule has 1 nitrogen and oxygen atoms in total. The highest BCUT2D eigenvalue weighted by Crippen LogP contribution is 2.34. The Hall–Kier alpha value is -0.100. The molecule has 2 aromatic rings.